The van der Waals surface area contributed by atoms with Crippen LogP contribution in [0.2, 0.25) is 0 Å². The van der Waals surface area contributed by atoms with Crippen LogP contribution < -0.4 is 21.3 Å². The molecule has 0 aromatic heterocycles. The van der Waals surface area contributed by atoms with Crippen LogP contribution in [0.4, 0.5) is 0 Å². The fourth-order valence-electron chi connectivity index (χ4n) is 5.45. The Morgan fingerprint density at radius 3 is 1.27 bits per heavy atom. The molecule has 6 nitrogen and oxygen atoms in total. The van der Waals surface area contributed by atoms with Crippen LogP contribution in [0.15, 0.2) is 48.5 Å². The lowest BCUT2D eigenvalue weighted by Crippen LogP contribution is -2.47. The zero-order valence-electron chi connectivity index (χ0n) is 22.7. The average molecular weight is 503 g/mol. The van der Waals surface area contributed by atoms with E-state index in [4.69, 9.17) is 0 Å². The van der Waals surface area contributed by atoms with E-state index in [0.29, 0.717) is 26.2 Å². The summed E-state index contributed by atoms with van der Waals surface area (Å²) in [6, 6.07) is 16.4. The number of carbonyl (C=O) groups is 2. The number of nitrogens with one attached hydrogen (secondary N) is 4. The third-order valence-corrected chi connectivity index (χ3v) is 7.50. The van der Waals surface area contributed by atoms with Crippen LogP contribution in [-0.4, -0.2) is 37.0 Å². The van der Waals surface area contributed by atoms with Crippen LogP contribution in [0, 0.1) is 11.8 Å². The fourth-order valence-corrected chi connectivity index (χ4v) is 5.45. The van der Waals surface area contributed by atoms with Crippen molar-refractivity contribution in [3.63, 3.8) is 0 Å². The summed E-state index contributed by atoms with van der Waals surface area (Å²) in [5.74, 6) is 0.433. The summed E-state index contributed by atoms with van der Waals surface area (Å²) in [5, 5.41) is 18.1. The van der Waals surface area contributed by atoms with Gasteiger partial charge >= 0.3 is 0 Å². The molecule has 0 radical (unpaired) electrons. The van der Waals surface area contributed by atoms with E-state index >= 15 is 0 Å². The molecule has 2 bridgehead atoms. The van der Waals surface area contributed by atoms with Crippen molar-refractivity contribution < 1.29 is 9.59 Å². The molecule has 3 aromatic rings. The largest absolute Gasteiger partial charge is 0.355 e. The van der Waals surface area contributed by atoms with Crippen LogP contribution in [-0.2, 0) is 22.7 Å². The predicted octanol–water partition coefficient (Wildman–Crippen LogP) is 4.64. The van der Waals surface area contributed by atoms with Gasteiger partial charge in [0.05, 0.1) is 12.1 Å². The molecule has 3 aromatic carbocycles. The van der Waals surface area contributed by atoms with Crippen molar-refractivity contribution >= 4 is 33.4 Å². The monoisotopic (exact) mass is 502 g/mol. The Balaban J connectivity index is 1.79. The molecule has 0 spiro atoms. The van der Waals surface area contributed by atoms with E-state index in [2.05, 4.69) is 97.5 Å². The van der Waals surface area contributed by atoms with Gasteiger partial charge in [0.15, 0.2) is 0 Å². The van der Waals surface area contributed by atoms with Crippen molar-refractivity contribution in [3.8, 4) is 0 Å². The molecule has 2 amide bonds. The first-order valence-corrected chi connectivity index (χ1v) is 13.8. The van der Waals surface area contributed by atoms with E-state index in [1.807, 2.05) is 0 Å². The van der Waals surface area contributed by atoms with Crippen LogP contribution in [0.1, 0.15) is 58.1 Å². The molecule has 4 N–H and O–H groups in total. The minimum absolute atomic E-state index is 0.0513. The zero-order valence-corrected chi connectivity index (χ0v) is 22.7. The normalized spacial score (nSPS) is 21.0. The predicted molar refractivity (Wildman–Crippen MR) is 152 cm³/mol. The molecule has 0 aliphatic carbocycles. The number of amides is 2. The summed E-state index contributed by atoms with van der Waals surface area (Å²) in [4.78, 5) is 26.2. The van der Waals surface area contributed by atoms with Crippen molar-refractivity contribution in [2.45, 2.75) is 72.1 Å². The average Bonchev–Trinajstić information content (AvgIpc) is 2.88. The Labute approximate surface area is 221 Å². The Morgan fingerprint density at radius 1 is 0.595 bits per heavy atom. The van der Waals surface area contributed by atoms with Gasteiger partial charge in [0.1, 0.15) is 0 Å². The maximum Gasteiger partial charge on any atom is 0.237 e. The van der Waals surface area contributed by atoms with Crippen molar-refractivity contribution in [3.05, 3.63) is 59.7 Å². The van der Waals surface area contributed by atoms with E-state index in [1.165, 1.54) is 32.7 Å². The highest BCUT2D eigenvalue weighted by Crippen LogP contribution is 2.33. The quantitative estimate of drug-likeness (QED) is 0.385. The van der Waals surface area contributed by atoms with E-state index < -0.39 is 0 Å². The van der Waals surface area contributed by atoms with Crippen LogP contribution in [0.3, 0.4) is 0 Å². The summed E-state index contributed by atoms with van der Waals surface area (Å²) in [6.45, 7) is 10.8. The van der Waals surface area contributed by atoms with Crippen molar-refractivity contribution in [1.29, 1.82) is 0 Å². The summed E-state index contributed by atoms with van der Waals surface area (Å²) < 4.78 is 0. The lowest BCUT2D eigenvalue weighted by Gasteiger charge is -2.25. The maximum atomic E-state index is 13.1. The van der Waals surface area contributed by atoms with Crippen LogP contribution in [0.25, 0.3) is 21.5 Å². The molecule has 1 aliphatic heterocycles. The fraction of sp³-hybridized carbons (Fsp3) is 0.484. The second kappa shape index (κ2) is 12.5. The van der Waals surface area contributed by atoms with Crippen molar-refractivity contribution in [2.24, 2.45) is 11.8 Å². The lowest BCUT2D eigenvalue weighted by molar-refractivity contribution is -0.124. The first-order chi connectivity index (χ1) is 17.9. The molecule has 6 heteroatoms. The van der Waals surface area contributed by atoms with Gasteiger partial charge in [0.2, 0.25) is 11.8 Å². The van der Waals surface area contributed by atoms with Gasteiger partial charge in [-0.15, -0.1) is 0 Å². The molecule has 4 rings (SSSR count). The second-order valence-corrected chi connectivity index (χ2v) is 10.9. The van der Waals surface area contributed by atoms with E-state index in [1.54, 1.807) is 0 Å². The third kappa shape index (κ3) is 6.31. The number of carbonyl (C=O) groups excluding carboxylic acids is 2. The first-order valence-electron chi connectivity index (χ1n) is 13.8. The number of benzene rings is 3. The molecule has 0 saturated carbocycles. The number of rotatable bonds is 2. The van der Waals surface area contributed by atoms with Gasteiger partial charge in [-0.1, -0.05) is 76.2 Å². The zero-order chi connectivity index (χ0) is 26.4. The molecular formula is C31H42N4O2. The highest BCUT2D eigenvalue weighted by atomic mass is 16.2. The van der Waals surface area contributed by atoms with Gasteiger partial charge in [-0.05, 0) is 63.8 Å². The molecule has 198 valence electrons. The van der Waals surface area contributed by atoms with Gasteiger partial charge in [0.25, 0.3) is 0 Å². The van der Waals surface area contributed by atoms with Gasteiger partial charge in [-0.25, -0.2) is 0 Å². The summed E-state index contributed by atoms with van der Waals surface area (Å²) >= 11 is 0. The Kier molecular flexibility index (Phi) is 9.17. The highest BCUT2D eigenvalue weighted by Gasteiger charge is 2.24. The highest BCUT2D eigenvalue weighted by molar-refractivity contribution is 6.05. The topological polar surface area (TPSA) is 82.3 Å². The van der Waals surface area contributed by atoms with Gasteiger partial charge in [-0.2, -0.15) is 0 Å². The molecule has 0 fully saturated rings. The van der Waals surface area contributed by atoms with Crippen molar-refractivity contribution in [1.82, 2.24) is 21.3 Å². The summed E-state index contributed by atoms with van der Waals surface area (Å²) in [7, 11) is 0. The smallest absolute Gasteiger partial charge is 0.237 e. The number of hydrogen-bond acceptors (Lipinski definition) is 4. The Morgan fingerprint density at radius 2 is 0.946 bits per heavy atom. The first kappa shape index (κ1) is 27.1. The van der Waals surface area contributed by atoms with Gasteiger partial charge in [-0.3, -0.25) is 9.59 Å². The molecule has 0 unspecified atom stereocenters. The van der Waals surface area contributed by atoms with Crippen molar-refractivity contribution in [2.75, 3.05) is 13.1 Å². The standard InChI is InChI=1S/C31H42N4O2/c1-20(2)28-30(36)32-16-10-5-11-17-33-31(37)29(21(3)4)35-19-27-24-14-8-6-12-22(24)26(18-34-28)23-13-7-9-15-25(23)27/h6-9,12-15,20-21,28-29,34-35H,5,10-11,16-19H2,1-4H3,(H,32,36)(H,33,37)/t28-,29-/m0/s1. The van der Waals surface area contributed by atoms with Crippen LogP contribution in [0.5, 0.6) is 0 Å². The maximum absolute atomic E-state index is 13.1. The third-order valence-electron chi connectivity index (χ3n) is 7.50. The summed E-state index contributed by atoms with van der Waals surface area (Å²) in [5.41, 5.74) is 2.40. The molecule has 1 heterocycles. The minimum atomic E-state index is -0.271. The molecular weight excluding hydrogens is 460 g/mol. The SMILES string of the molecule is CC(C)[C@@H]1NCc2c3ccccc3c(c3ccccc23)CN[C@@H](C(C)C)C(=O)NCCCCCNC1=O. The molecule has 37 heavy (non-hydrogen) atoms. The van der Waals surface area contributed by atoms with E-state index in [-0.39, 0.29) is 35.7 Å². The number of hydrogen-bond donors (Lipinski definition) is 4. The minimum Gasteiger partial charge on any atom is -0.355 e. The Bertz CT molecular complexity index is 1090. The second-order valence-electron chi connectivity index (χ2n) is 10.9. The number of fused-ring (bicyclic) bond motifs is 3. The van der Waals surface area contributed by atoms with E-state index in [0.717, 1.165) is 19.3 Å². The molecule has 0 saturated heterocycles. The van der Waals surface area contributed by atoms with Crippen LogP contribution >= 0.6 is 0 Å². The van der Waals surface area contributed by atoms with E-state index in [9.17, 15) is 9.59 Å². The molecule has 2 atom stereocenters. The van der Waals surface area contributed by atoms with Gasteiger partial charge < -0.3 is 21.3 Å². The molecule has 1 aliphatic rings. The summed E-state index contributed by atoms with van der Waals surface area (Å²) in [6.07, 6.45) is 2.75. The Hall–Kier alpha value is -2.96. The van der Waals surface area contributed by atoms with Gasteiger partial charge in [0, 0.05) is 26.2 Å². The lowest BCUT2D eigenvalue weighted by atomic mass is 9.90.